The molecular weight excluding hydrogens is 230 g/mol. The van der Waals surface area contributed by atoms with Crippen LogP contribution in [-0.4, -0.2) is 55.0 Å². The van der Waals surface area contributed by atoms with E-state index in [1.165, 1.54) is 0 Å². The maximum Gasteiger partial charge on any atom is 0.264 e. The molecule has 5 nitrogen and oxygen atoms in total. The average molecular weight is 253 g/mol. The van der Waals surface area contributed by atoms with Crippen LogP contribution in [-0.2, 0) is 10.1 Å². The van der Waals surface area contributed by atoms with Crippen molar-refractivity contribution < 1.29 is 18.1 Å². The van der Waals surface area contributed by atoms with E-state index in [0.717, 1.165) is 19.4 Å². The van der Waals surface area contributed by atoms with Crippen LogP contribution < -0.4 is 0 Å². The van der Waals surface area contributed by atoms with Gasteiger partial charge in [0.1, 0.15) is 0 Å². The highest BCUT2D eigenvalue weighted by Gasteiger charge is 2.07. The van der Waals surface area contributed by atoms with Gasteiger partial charge in [0.2, 0.25) is 0 Å². The molecule has 0 bridgehead atoms. The van der Waals surface area contributed by atoms with Crippen molar-refractivity contribution in [2.24, 2.45) is 0 Å². The van der Waals surface area contributed by atoms with Gasteiger partial charge in [-0.2, -0.15) is 8.42 Å². The summed E-state index contributed by atoms with van der Waals surface area (Å²) in [6.45, 7) is 3.38. The van der Waals surface area contributed by atoms with E-state index in [2.05, 4.69) is 0 Å². The van der Waals surface area contributed by atoms with E-state index in [4.69, 9.17) is 4.55 Å². The highest BCUT2D eigenvalue weighted by molar-refractivity contribution is 7.85. The van der Waals surface area contributed by atoms with Crippen LogP contribution >= 0.6 is 0 Å². The molecule has 0 heterocycles. The molecular formula is C10H23NO4S. The zero-order valence-corrected chi connectivity index (χ0v) is 10.9. The lowest BCUT2D eigenvalue weighted by Gasteiger charge is -2.18. The van der Waals surface area contributed by atoms with Crippen LogP contribution in [0.5, 0.6) is 0 Å². The van der Waals surface area contributed by atoms with Crippen LogP contribution in [0.3, 0.4) is 0 Å². The van der Waals surface area contributed by atoms with Gasteiger partial charge in [-0.3, -0.25) is 4.55 Å². The fraction of sp³-hybridized carbons (Fsp3) is 1.00. The van der Waals surface area contributed by atoms with E-state index in [1.54, 1.807) is 0 Å². The summed E-state index contributed by atoms with van der Waals surface area (Å²) >= 11 is 0. The molecule has 6 heteroatoms. The minimum atomic E-state index is -3.84. The predicted molar refractivity (Wildman–Crippen MR) is 64.1 cm³/mol. The van der Waals surface area contributed by atoms with Crippen molar-refractivity contribution in [2.45, 2.75) is 38.7 Å². The quantitative estimate of drug-likeness (QED) is 0.593. The maximum atomic E-state index is 10.5. The van der Waals surface area contributed by atoms with Crippen molar-refractivity contribution >= 4 is 10.1 Å². The summed E-state index contributed by atoms with van der Waals surface area (Å²) in [4.78, 5) is 1.96. The molecule has 1 atom stereocenters. The molecule has 0 amide bonds. The van der Waals surface area contributed by atoms with E-state index in [9.17, 15) is 13.5 Å². The molecule has 0 fully saturated rings. The summed E-state index contributed by atoms with van der Waals surface area (Å²) in [7, 11) is -1.96. The van der Waals surface area contributed by atoms with Gasteiger partial charge in [-0.1, -0.05) is 13.3 Å². The Kier molecular flexibility index (Phi) is 7.91. The second kappa shape index (κ2) is 8.00. The van der Waals surface area contributed by atoms with E-state index >= 15 is 0 Å². The number of hydrogen-bond acceptors (Lipinski definition) is 4. The molecule has 0 aromatic carbocycles. The molecule has 0 aliphatic heterocycles. The molecule has 0 aromatic rings. The number of nitrogens with zero attached hydrogens (tertiary/aromatic N) is 1. The van der Waals surface area contributed by atoms with Gasteiger partial charge in [0.05, 0.1) is 11.9 Å². The van der Waals surface area contributed by atoms with Gasteiger partial charge in [0, 0.05) is 6.54 Å². The van der Waals surface area contributed by atoms with Crippen LogP contribution in [0.25, 0.3) is 0 Å². The third kappa shape index (κ3) is 10.4. The topological polar surface area (TPSA) is 77.8 Å². The molecule has 0 saturated heterocycles. The van der Waals surface area contributed by atoms with Crippen molar-refractivity contribution in [1.82, 2.24) is 4.90 Å². The standard InChI is InChI=1S/C10H23NO4S/c1-3-5-10(12)6-8-11(2)7-4-9-16(13,14)15/h10,12H,3-9H2,1-2H3,(H,13,14,15). The molecule has 0 spiro atoms. The van der Waals surface area contributed by atoms with Crippen molar-refractivity contribution in [3.05, 3.63) is 0 Å². The van der Waals surface area contributed by atoms with Gasteiger partial charge in [-0.25, -0.2) is 0 Å². The largest absolute Gasteiger partial charge is 0.393 e. The first-order chi connectivity index (χ1) is 7.35. The maximum absolute atomic E-state index is 10.5. The normalized spacial score (nSPS) is 14.3. The first-order valence-electron chi connectivity index (χ1n) is 5.67. The van der Waals surface area contributed by atoms with Crippen LogP contribution in [0.15, 0.2) is 0 Å². The zero-order valence-electron chi connectivity index (χ0n) is 10.1. The van der Waals surface area contributed by atoms with Gasteiger partial charge >= 0.3 is 0 Å². The van der Waals surface area contributed by atoms with E-state index < -0.39 is 10.1 Å². The first-order valence-corrected chi connectivity index (χ1v) is 7.28. The third-order valence-electron chi connectivity index (χ3n) is 2.41. The van der Waals surface area contributed by atoms with E-state index in [0.29, 0.717) is 19.4 Å². The van der Waals surface area contributed by atoms with E-state index in [-0.39, 0.29) is 11.9 Å². The Hall–Kier alpha value is -0.170. The highest BCUT2D eigenvalue weighted by Crippen LogP contribution is 2.02. The number of aliphatic hydroxyl groups is 1. The Balaban J connectivity index is 3.55. The monoisotopic (exact) mass is 253 g/mol. The lowest BCUT2D eigenvalue weighted by Crippen LogP contribution is -2.25. The van der Waals surface area contributed by atoms with Crippen LogP contribution in [0.4, 0.5) is 0 Å². The highest BCUT2D eigenvalue weighted by atomic mass is 32.2. The molecule has 0 radical (unpaired) electrons. The van der Waals surface area contributed by atoms with Crippen molar-refractivity contribution in [2.75, 3.05) is 25.9 Å². The summed E-state index contributed by atoms with van der Waals surface area (Å²) < 4.78 is 29.5. The number of hydrogen-bond donors (Lipinski definition) is 2. The van der Waals surface area contributed by atoms with Crippen molar-refractivity contribution in [3.8, 4) is 0 Å². The van der Waals surface area contributed by atoms with Crippen LogP contribution in [0.1, 0.15) is 32.6 Å². The number of aliphatic hydroxyl groups excluding tert-OH is 1. The molecule has 0 aliphatic carbocycles. The summed E-state index contributed by atoms with van der Waals surface area (Å²) in [5.41, 5.74) is 0. The number of rotatable bonds is 9. The predicted octanol–water partition coefficient (Wildman–Crippen LogP) is 0.747. The fourth-order valence-electron chi connectivity index (χ4n) is 1.48. The van der Waals surface area contributed by atoms with Crippen molar-refractivity contribution in [1.29, 1.82) is 0 Å². The van der Waals surface area contributed by atoms with Gasteiger partial charge in [0.25, 0.3) is 10.1 Å². The smallest absolute Gasteiger partial charge is 0.264 e. The van der Waals surface area contributed by atoms with Gasteiger partial charge < -0.3 is 10.0 Å². The Bertz CT molecular complexity index is 266. The molecule has 2 N–H and O–H groups in total. The van der Waals surface area contributed by atoms with Gasteiger partial charge in [0.15, 0.2) is 0 Å². The Morgan fingerprint density at radius 1 is 1.25 bits per heavy atom. The average Bonchev–Trinajstić information content (AvgIpc) is 2.13. The first kappa shape index (κ1) is 15.8. The molecule has 98 valence electrons. The van der Waals surface area contributed by atoms with Crippen LogP contribution in [0.2, 0.25) is 0 Å². The lowest BCUT2D eigenvalue weighted by atomic mass is 10.1. The molecule has 16 heavy (non-hydrogen) atoms. The lowest BCUT2D eigenvalue weighted by molar-refractivity contribution is 0.137. The molecule has 0 aromatic heterocycles. The molecule has 0 saturated carbocycles. The summed E-state index contributed by atoms with van der Waals surface area (Å²) in [6.07, 6.45) is 2.62. The SMILES string of the molecule is CCCC(O)CCN(C)CCCS(=O)(=O)O. The Labute approximate surface area is 98.2 Å². The molecule has 1 unspecified atom stereocenters. The minimum Gasteiger partial charge on any atom is -0.393 e. The van der Waals surface area contributed by atoms with Crippen molar-refractivity contribution in [3.63, 3.8) is 0 Å². The Morgan fingerprint density at radius 2 is 1.88 bits per heavy atom. The van der Waals surface area contributed by atoms with E-state index in [1.807, 2.05) is 18.9 Å². The summed E-state index contributed by atoms with van der Waals surface area (Å²) in [5.74, 6) is -0.200. The molecule has 0 rings (SSSR count). The summed E-state index contributed by atoms with van der Waals surface area (Å²) in [6, 6.07) is 0. The Morgan fingerprint density at radius 3 is 2.38 bits per heavy atom. The third-order valence-corrected chi connectivity index (χ3v) is 3.21. The zero-order chi connectivity index (χ0) is 12.6. The summed E-state index contributed by atoms with van der Waals surface area (Å²) in [5, 5.41) is 9.49. The minimum absolute atomic E-state index is 0.200. The molecule has 0 aliphatic rings. The van der Waals surface area contributed by atoms with Gasteiger partial charge in [-0.05, 0) is 32.9 Å². The second-order valence-corrected chi connectivity index (χ2v) is 5.75. The second-order valence-electron chi connectivity index (χ2n) is 4.17. The van der Waals surface area contributed by atoms with Crippen LogP contribution in [0, 0.1) is 0 Å². The van der Waals surface area contributed by atoms with Gasteiger partial charge in [-0.15, -0.1) is 0 Å². The fourth-order valence-corrected chi connectivity index (χ4v) is 1.97.